The highest BCUT2D eigenvalue weighted by Gasteiger charge is 2.76. The van der Waals surface area contributed by atoms with Gasteiger partial charge in [-0.15, -0.1) is 6.58 Å². The van der Waals surface area contributed by atoms with E-state index in [0.717, 1.165) is 4.90 Å². The van der Waals surface area contributed by atoms with Gasteiger partial charge in [0.05, 0.1) is 42.8 Å². The highest BCUT2D eigenvalue weighted by Crippen LogP contribution is 2.54. The van der Waals surface area contributed by atoms with Crippen LogP contribution in [0.4, 0.5) is 5.69 Å². The normalized spacial score (nSPS) is 32.2. The monoisotopic (exact) mass is 571 g/mol. The summed E-state index contributed by atoms with van der Waals surface area (Å²) in [7, 11) is 0.111. The number of ether oxygens (including phenoxy) is 2. The molecular formula is C29H41N3O7Si. The summed E-state index contributed by atoms with van der Waals surface area (Å²) < 4.78 is 18.0. The van der Waals surface area contributed by atoms with Crippen molar-refractivity contribution < 1.29 is 33.1 Å². The summed E-state index contributed by atoms with van der Waals surface area (Å²) in [5.41, 5.74) is -1.35. The zero-order valence-electron chi connectivity index (χ0n) is 24.6. The number of hydrogen-bond donors (Lipinski definition) is 1. The second-order valence-electron chi connectivity index (χ2n) is 12.4. The molecule has 11 heteroatoms. The van der Waals surface area contributed by atoms with E-state index in [2.05, 4.69) is 45.8 Å². The van der Waals surface area contributed by atoms with E-state index in [0.29, 0.717) is 12.2 Å². The number of benzene rings is 1. The maximum absolute atomic E-state index is 14.2. The number of carbonyl (C=O) groups is 4. The Hall–Kier alpha value is -2.86. The van der Waals surface area contributed by atoms with Crippen molar-refractivity contribution in [2.45, 2.75) is 75.7 Å². The quantitative estimate of drug-likeness (QED) is 0.219. The molecule has 1 N–H and O–H groups in total. The van der Waals surface area contributed by atoms with Crippen molar-refractivity contribution >= 4 is 37.7 Å². The lowest BCUT2D eigenvalue weighted by Crippen LogP contribution is -2.74. The minimum atomic E-state index is -2.53. The number of piperidine rings is 1. The summed E-state index contributed by atoms with van der Waals surface area (Å²) in [5.74, 6) is -4.49. The van der Waals surface area contributed by atoms with Gasteiger partial charge in [0, 0.05) is 13.7 Å². The Kier molecular flexibility index (Phi) is 7.91. The topological polar surface area (TPSA) is 114 Å². The number of amides is 3. The van der Waals surface area contributed by atoms with Crippen molar-refractivity contribution in [3.05, 3.63) is 43.0 Å². The van der Waals surface area contributed by atoms with E-state index in [4.69, 9.17) is 13.9 Å². The summed E-state index contributed by atoms with van der Waals surface area (Å²) >= 11 is 0. The predicted molar refractivity (Wildman–Crippen MR) is 152 cm³/mol. The molecule has 0 aliphatic carbocycles. The molecule has 3 amide bonds. The molecule has 3 fully saturated rings. The summed E-state index contributed by atoms with van der Waals surface area (Å²) in [5, 5.41) is 3.13. The van der Waals surface area contributed by atoms with Crippen molar-refractivity contribution in [2.75, 3.05) is 25.7 Å². The molecule has 218 valence electrons. The first-order valence-corrected chi connectivity index (χ1v) is 16.5. The van der Waals surface area contributed by atoms with Crippen molar-refractivity contribution in [1.29, 1.82) is 0 Å². The van der Waals surface area contributed by atoms with Gasteiger partial charge in [0.1, 0.15) is 0 Å². The Morgan fingerprint density at radius 1 is 1.10 bits per heavy atom. The highest BCUT2D eigenvalue weighted by atomic mass is 28.4. The largest absolute Gasteiger partial charge is 0.467 e. The lowest BCUT2D eigenvalue weighted by molar-refractivity contribution is -0.178. The fourth-order valence-corrected chi connectivity index (χ4v) is 7.58. The lowest BCUT2D eigenvalue weighted by atomic mass is 9.80. The number of para-hydroxylation sites is 1. The maximum Gasteiger partial charge on any atom is 0.332 e. The first kappa shape index (κ1) is 30.1. The molecule has 10 nitrogen and oxygen atoms in total. The van der Waals surface area contributed by atoms with Crippen LogP contribution in [0, 0.1) is 11.8 Å². The molecule has 1 aromatic carbocycles. The van der Waals surface area contributed by atoms with E-state index < -0.39 is 73.7 Å². The molecule has 0 radical (unpaired) electrons. The number of fused-ring (bicyclic) bond motifs is 3. The summed E-state index contributed by atoms with van der Waals surface area (Å²) in [6, 6.07) is 7.03. The fraction of sp³-hybridized carbons (Fsp3) is 0.586. The number of nitrogens with one attached hydrogen (secondary N) is 1. The second kappa shape index (κ2) is 10.5. The average Bonchev–Trinajstić information content (AvgIpc) is 3.33. The molecule has 3 heterocycles. The van der Waals surface area contributed by atoms with Crippen LogP contribution in [0.25, 0.3) is 0 Å². The summed E-state index contributed by atoms with van der Waals surface area (Å²) in [6.07, 6.45) is -0.135. The van der Waals surface area contributed by atoms with Crippen molar-refractivity contribution in [2.24, 2.45) is 11.8 Å². The van der Waals surface area contributed by atoms with E-state index in [1.165, 1.54) is 26.0 Å². The molecule has 4 rings (SSSR count). The second-order valence-corrected chi connectivity index (χ2v) is 17.2. The molecule has 0 spiro atoms. The molecule has 0 bridgehead atoms. The average molecular weight is 572 g/mol. The highest BCUT2D eigenvalue weighted by molar-refractivity contribution is 6.74. The Labute approximate surface area is 237 Å². The van der Waals surface area contributed by atoms with Crippen molar-refractivity contribution in [1.82, 2.24) is 10.2 Å². The van der Waals surface area contributed by atoms with Gasteiger partial charge in [-0.05, 0) is 37.2 Å². The third-order valence-electron chi connectivity index (χ3n) is 9.22. The van der Waals surface area contributed by atoms with Gasteiger partial charge in [-0.1, -0.05) is 45.0 Å². The van der Waals surface area contributed by atoms with Crippen LogP contribution in [0.15, 0.2) is 43.0 Å². The molecule has 3 saturated heterocycles. The number of carbonyl (C=O) groups excluding carboxylic acids is 4. The Morgan fingerprint density at radius 3 is 2.25 bits per heavy atom. The Balaban J connectivity index is 1.96. The van der Waals surface area contributed by atoms with Crippen LogP contribution in [0.1, 0.15) is 27.7 Å². The number of methoxy groups -OCH3 is 2. The molecule has 3 aliphatic rings. The van der Waals surface area contributed by atoms with Gasteiger partial charge in [-0.2, -0.15) is 0 Å². The van der Waals surface area contributed by atoms with Gasteiger partial charge in [0.2, 0.25) is 11.8 Å². The minimum absolute atomic E-state index is 0.208. The molecule has 0 aromatic heterocycles. The van der Waals surface area contributed by atoms with Gasteiger partial charge >= 0.3 is 5.97 Å². The standard InChI is InChI=1S/C29H41N3O7Si/c1-10-16-30-20-22(39-40(8,9)28(2,3)4)21-18-19(25(34)31(24(18)33)17-14-12-11-13-15-17)29(5,27(36)38-7)32(21)26(35)23(20)37-6/h10-15,18-23,30H,1,16H2,2-9H3/t18-,19-,20-,21+,22-,23+,29-/m0/s1. The fourth-order valence-electron chi connectivity index (χ4n) is 6.26. The van der Waals surface area contributed by atoms with E-state index in [-0.39, 0.29) is 5.04 Å². The minimum Gasteiger partial charge on any atom is -0.467 e. The first-order valence-electron chi connectivity index (χ1n) is 13.6. The number of hydrogen-bond acceptors (Lipinski definition) is 8. The van der Waals surface area contributed by atoms with Gasteiger partial charge in [-0.25, -0.2) is 9.69 Å². The number of imide groups is 1. The van der Waals surface area contributed by atoms with Crippen molar-refractivity contribution in [3.8, 4) is 0 Å². The van der Waals surface area contributed by atoms with Crippen molar-refractivity contribution in [3.63, 3.8) is 0 Å². The van der Waals surface area contributed by atoms with Gasteiger partial charge in [0.15, 0.2) is 20.0 Å². The van der Waals surface area contributed by atoms with E-state index in [1.54, 1.807) is 36.4 Å². The summed E-state index contributed by atoms with van der Waals surface area (Å²) in [4.78, 5) is 58.6. The van der Waals surface area contributed by atoms with Crippen LogP contribution in [0.2, 0.25) is 18.1 Å². The third kappa shape index (κ3) is 4.34. The van der Waals surface area contributed by atoms with Crippen LogP contribution >= 0.6 is 0 Å². The lowest BCUT2D eigenvalue weighted by Gasteiger charge is -2.52. The van der Waals surface area contributed by atoms with E-state index in [9.17, 15) is 19.2 Å². The Bertz CT molecular complexity index is 1200. The van der Waals surface area contributed by atoms with Crippen LogP contribution in [-0.2, 0) is 33.1 Å². The third-order valence-corrected chi connectivity index (χ3v) is 13.7. The van der Waals surface area contributed by atoms with Crippen LogP contribution < -0.4 is 10.2 Å². The van der Waals surface area contributed by atoms with Gasteiger partial charge in [0.25, 0.3) is 5.91 Å². The molecule has 40 heavy (non-hydrogen) atoms. The molecule has 7 atom stereocenters. The number of esters is 1. The predicted octanol–water partition coefficient (Wildman–Crippen LogP) is 2.50. The zero-order valence-corrected chi connectivity index (χ0v) is 25.6. The Morgan fingerprint density at radius 2 is 1.73 bits per heavy atom. The van der Waals surface area contributed by atoms with Gasteiger partial charge < -0.3 is 24.1 Å². The number of anilines is 1. The van der Waals surface area contributed by atoms with Crippen LogP contribution in [-0.4, -0.2) is 87.5 Å². The SMILES string of the molecule is C=CCN[C@H]1[C@H](O[Si](C)(C)C(C)(C)C)[C@H]2[C@H]3C(=O)N(c4ccccc4)C(=O)[C@H]3[C@@](C)(C(=O)OC)N2C(=O)[C@@H]1OC. The molecule has 0 unspecified atom stereocenters. The van der Waals surface area contributed by atoms with E-state index in [1.807, 2.05) is 0 Å². The molecule has 3 aliphatic heterocycles. The first-order chi connectivity index (χ1) is 18.7. The van der Waals surface area contributed by atoms with E-state index >= 15 is 0 Å². The molecule has 0 saturated carbocycles. The number of rotatable bonds is 8. The number of nitrogens with zero attached hydrogens (tertiary/aromatic N) is 2. The van der Waals surface area contributed by atoms with Crippen LogP contribution in [0.5, 0.6) is 0 Å². The summed E-state index contributed by atoms with van der Waals surface area (Å²) in [6.45, 7) is 16.1. The smallest absolute Gasteiger partial charge is 0.332 e. The maximum atomic E-state index is 14.2. The van der Waals surface area contributed by atoms with Gasteiger partial charge in [-0.3, -0.25) is 14.4 Å². The zero-order chi connectivity index (χ0) is 29.8. The molecule has 1 aromatic rings. The molecular weight excluding hydrogens is 530 g/mol. The van der Waals surface area contributed by atoms with Crippen LogP contribution in [0.3, 0.4) is 0 Å².